The van der Waals surface area contributed by atoms with Crippen LogP contribution in [0.3, 0.4) is 0 Å². The molecule has 1 aromatic carbocycles. The molecule has 0 radical (unpaired) electrons. The minimum absolute atomic E-state index is 0.140. The third-order valence-electron chi connectivity index (χ3n) is 3.07. The van der Waals surface area contributed by atoms with Gasteiger partial charge in [0.15, 0.2) is 0 Å². The van der Waals surface area contributed by atoms with Crippen molar-refractivity contribution in [3.05, 3.63) is 47.0 Å². The van der Waals surface area contributed by atoms with Crippen molar-refractivity contribution in [2.24, 2.45) is 0 Å². The highest BCUT2D eigenvalue weighted by molar-refractivity contribution is 6.30. The van der Waals surface area contributed by atoms with Crippen LogP contribution in [0.25, 0.3) is 0 Å². The molecule has 2 rings (SSSR count). The summed E-state index contributed by atoms with van der Waals surface area (Å²) in [6.07, 6.45) is 1.74. The lowest BCUT2D eigenvalue weighted by atomic mass is 9.95. The number of carbonyl (C=O) groups is 1. The number of hydrogen-bond donors (Lipinski definition) is 1. The van der Waals surface area contributed by atoms with E-state index < -0.39 is 11.9 Å². The van der Waals surface area contributed by atoms with Gasteiger partial charge < -0.3 is 5.11 Å². The van der Waals surface area contributed by atoms with Gasteiger partial charge in [0.25, 0.3) is 0 Å². The highest BCUT2D eigenvalue weighted by Gasteiger charge is 2.23. The van der Waals surface area contributed by atoms with E-state index in [0.717, 1.165) is 0 Å². The first-order chi connectivity index (χ1) is 9.49. The molecule has 6 heteroatoms. The second-order valence-electron chi connectivity index (χ2n) is 4.86. The Morgan fingerprint density at radius 1 is 1.45 bits per heavy atom. The molecule has 1 heterocycles. The molecule has 1 N–H and O–H groups in total. The van der Waals surface area contributed by atoms with E-state index in [-0.39, 0.29) is 12.5 Å². The van der Waals surface area contributed by atoms with Gasteiger partial charge in [0.05, 0.1) is 5.92 Å². The lowest BCUT2D eigenvalue weighted by Gasteiger charge is -2.15. The van der Waals surface area contributed by atoms with Gasteiger partial charge in [-0.15, -0.1) is 0 Å². The number of aromatic nitrogens is 3. The van der Waals surface area contributed by atoms with Crippen LogP contribution < -0.4 is 0 Å². The number of benzene rings is 1. The fourth-order valence-electron chi connectivity index (χ4n) is 2.11. The van der Waals surface area contributed by atoms with Crippen LogP contribution in [-0.4, -0.2) is 25.8 Å². The highest BCUT2D eigenvalue weighted by Crippen LogP contribution is 2.24. The molecule has 0 aliphatic rings. The van der Waals surface area contributed by atoms with Gasteiger partial charge in [-0.2, -0.15) is 5.10 Å². The van der Waals surface area contributed by atoms with Gasteiger partial charge in [-0.25, -0.2) is 9.67 Å². The third kappa shape index (κ3) is 3.17. The average molecular weight is 294 g/mol. The third-order valence-corrected chi connectivity index (χ3v) is 3.31. The molecule has 5 nitrogen and oxygen atoms in total. The summed E-state index contributed by atoms with van der Waals surface area (Å²) >= 11 is 5.93. The zero-order valence-electron chi connectivity index (χ0n) is 11.3. The summed E-state index contributed by atoms with van der Waals surface area (Å²) in [5.41, 5.74) is 0.670. The lowest BCUT2D eigenvalue weighted by Crippen LogP contribution is -2.18. The first kappa shape index (κ1) is 14.5. The second-order valence-corrected chi connectivity index (χ2v) is 5.30. The maximum Gasteiger partial charge on any atom is 0.311 e. The Labute approximate surface area is 122 Å². The lowest BCUT2D eigenvalue weighted by molar-refractivity contribution is -0.138. The number of hydrogen-bond acceptors (Lipinski definition) is 3. The molecule has 1 unspecified atom stereocenters. The van der Waals surface area contributed by atoms with E-state index in [4.69, 9.17) is 11.6 Å². The Morgan fingerprint density at radius 2 is 2.20 bits per heavy atom. The summed E-state index contributed by atoms with van der Waals surface area (Å²) < 4.78 is 1.74. The smallest absolute Gasteiger partial charge is 0.311 e. The summed E-state index contributed by atoms with van der Waals surface area (Å²) in [4.78, 5) is 15.7. The van der Waals surface area contributed by atoms with E-state index in [1.165, 1.54) is 6.33 Å². The second kappa shape index (κ2) is 6.05. The van der Waals surface area contributed by atoms with Crippen LogP contribution in [0.4, 0.5) is 0 Å². The van der Waals surface area contributed by atoms with Gasteiger partial charge in [-0.1, -0.05) is 23.7 Å². The van der Waals surface area contributed by atoms with Crippen LogP contribution >= 0.6 is 11.6 Å². The molecule has 20 heavy (non-hydrogen) atoms. The van der Waals surface area contributed by atoms with Crippen molar-refractivity contribution in [2.45, 2.75) is 32.2 Å². The molecule has 0 spiro atoms. The topological polar surface area (TPSA) is 68.0 Å². The van der Waals surface area contributed by atoms with Crippen molar-refractivity contribution >= 4 is 17.6 Å². The molecule has 1 aromatic heterocycles. The van der Waals surface area contributed by atoms with Gasteiger partial charge in [0, 0.05) is 17.5 Å². The molecule has 0 aliphatic heterocycles. The van der Waals surface area contributed by atoms with Crippen molar-refractivity contribution in [1.82, 2.24) is 14.8 Å². The summed E-state index contributed by atoms with van der Waals surface area (Å²) in [6.45, 7) is 3.96. The molecule has 2 aromatic rings. The van der Waals surface area contributed by atoms with E-state index in [2.05, 4.69) is 10.1 Å². The zero-order chi connectivity index (χ0) is 14.7. The molecule has 0 amide bonds. The van der Waals surface area contributed by atoms with Crippen LogP contribution in [0.2, 0.25) is 5.02 Å². The summed E-state index contributed by atoms with van der Waals surface area (Å²) in [7, 11) is 0. The number of halogens is 1. The fourth-order valence-corrected chi connectivity index (χ4v) is 2.30. The molecule has 0 saturated heterocycles. The van der Waals surface area contributed by atoms with Crippen molar-refractivity contribution in [3.63, 3.8) is 0 Å². The zero-order valence-corrected chi connectivity index (χ0v) is 12.1. The van der Waals surface area contributed by atoms with Gasteiger partial charge in [0.1, 0.15) is 12.2 Å². The molecule has 0 saturated carbocycles. The number of carboxylic acid groups (broad SMARTS) is 1. The van der Waals surface area contributed by atoms with E-state index in [1.807, 2.05) is 13.8 Å². The Morgan fingerprint density at radius 3 is 2.80 bits per heavy atom. The minimum atomic E-state index is -0.898. The van der Waals surface area contributed by atoms with Gasteiger partial charge in [-0.05, 0) is 31.5 Å². The number of carboxylic acids is 1. The van der Waals surface area contributed by atoms with Gasteiger partial charge >= 0.3 is 5.97 Å². The quantitative estimate of drug-likeness (QED) is 0.920. The highest BCUT2D eigenvalue weighted by atomic mass is 35.5. The largest absolute Gasteiger partial charge is 0.481 e. The van der Waals surface area contributed by atoms with Crippen molar-refractivity contribution < 1.29 is 9.90 Å². The number of aliphatic carboxylic acids is 1. The van der Waals surface area contributed by atoms with Crippen LogP contribution in [0, 0.1) is 0 Å². The van der Waals surface area contributed by atoms with Crippen molar-refractivity contribution in [3.8, 4) is 0 Å². The fraction of sp³-hybridized carbons (Fsp3) is 0.357. The monoisotopic (exact) mass is 293 g/mol. The van der Waals surface area contributed by atoms with E-state index in [0.29, 0.717) is 16.4 Å². The molecule has 0 fully saturated rings. The summed E-state index contributed by atoms with van der Waals surface area (Å²) in [6, 6.07) is 7.06. The Bertz CT molecular complexity index is 610. The van der Waals surface area contributed by atoms with Crippen LogP contribution in [-0.2, 0) is 11.2 Å². The molecule has 0 bridgehead atoms. The predicted octanol–water partition coefficient (Wildman–Crippen LogP) is 2.92. The normalized spacial score (nSPS) is 12.6. The van der Waals surface area contributed by atoms with Crippen LogP contribution in [0.1, 0.15) is 37.2 Å². The first-order valence-corrected chi connectivity index (χ1v) is 6.73. The van der Waals surface area contributed by atoms with Gasteiger partial charge in [-0.3, -0.25) is 4.79 Å². The van der Waals surface area contributed by atoms with E-state index in [9.17, 15) is 9.90 Å². The SMILES string of the molecule is CC(C)n1ncnc1CC(C(=O)O)c1cccc(Cl)c1. The molecular weight excluding hydrogens is 278 g/mol. The number of nitrogens with zero attached hydrogens (tertiary/aromatic N) is 3. The first-order valence-electron chi connectivity index (χ1n) is 6.35. The van der Waals surface area contributed by atoms with Crippen LogP contribution in [0.5, 0.6) is 0 Å². The summed E-state index contributed by atoms with van der Waals surface area (Å²) in [5.74, 6) is -0.923. The molecule has 0 aliphatic carbocycles. The molecule has 106 valence electrons. The molecular formula is C14H16ClN3O2. The van der Waals surface area contributed by atoms with Gasteiger partial charge in [0.2, 0.25) is 0 Å². The minimum Gasteiger partial charge on any atom is -0.481 e. The Hall–Kier alpha value is -1.88. The Balaban J connectivity index is 2.31. The molecule has 1 atom stereocenters. The van der Waals surface area contributed by atoms with Crippen molar-refractivity contribution in [2.75, 3.05) is 0 Å². The van der Waals surface area contributed by atoms with Crippen molar-refractivity contribution in [1.29, 1.82) is 0 Å². The summed E-state index contributed by atoms with van der Waals surface area (Å²) in [5, 5.41) is 14.1. The standard InChI is InChI=1S/C14H16ClN3O2/c1-9(2)18-13(16-8-17-18)7-12(14(19)20)10-4-3-5-11(15)6-10/h3-6,8-9,12H,7H2,1-2H3,(H,19,20). The van der Waals surface area contributed by atoms with E-state index in [1.54, 1.807) is 28.9 Å². The maximum absolute atomic E-state index is 11.5. The average Bonchev–Trinajstić information content (AvgIpc) is 2.83. The number of rotatable bonds is 5. The van der Waals surface area contributed by atoms with Crippen LogP contribution in [0.15, 0.2) is 30.6 Å². The maximum atomic E-state index is 11.5. The Kier molecular flexibility index (Phi) is 4.39. The predicted molar refractivity (Wildman–Crippen MR) is 75.9 cm³/mol. The van der Waals surface area contributed by atoms with E-state index >= 15 is 0 Å².